The van der Waals surface area contributed by atoms with E-state index in [1.165, 1.54) is 6.07 Å². The molecule has 102 valence electrons. The fourth-order valence-corrected chi connectivity index (χ4v) is 2.11. The summed E-state index contributed by atoms with van der Waals surface area (Å²) in [5.41, 5.74) is 0.990. The maximum Gasteiger partial charge on any atom is 0.138 e. The molecule has 0 fully saturated rings. The largest absolute Gasteiger partial charge is 0.316 e. The van der Waals surface area contributed by atoms with Crippen molar-refractivity contribution in [2.45, 2.75) is 19.3 Å². The quantitative estimate of drug-likeness (QED) is 0.864. The zero-order valence-corrected chi connectivity index (χ0v) is 11.3. The molecule has 1 N–H and O–H groups in total. The Morgan fingerprint density at radius 2 is 2.26 bits per heavy atom. The van der Waals surface area contributed by atoms with Gasteiger partial charge in [-0.05, 0) is 24.2 Å². The van der Waals surface area contributed by atoms with Crippen molar-refractivity contribution in [3.63, 3.8) is 0 Å². The van der Waals surface area contributed by atoms with Crippen LogP contribution >= 0.6 is 0 Å². The molecule has 1 aromatic heterocycles. The van der Waals surface area contributed by atoms with E-state index in [4.69, 9.17) is 0 Å². The van der Waals surface area contributed by atoms with E-state index < -0.39 is 0 Å². The van der Waals surface area contributed by atoms with Gasteiger partial charge < -0.3 is 5.32 Å². The third kappa shape index (κ3) is 3.61. The van der Waals surface area contributed by atoms with Crippen molar-refractivity contribution in [3.05, 3.63) is 47.8 Å². The van der Waals surface area contributed by atoms with Gasteiger partial charge in [0.2, 0.25) is 0 Å². The molecular weight excluding hydrogens is 243 g/mol. The summed E-state index contributed by atoms with van der Waals surface area (Å²) in [6.45, 7) is 3.75. The van der Waals surface area contributed by atoms with Gasteiger partial charge in [-0.3, -0.25) is 4.68 Å². The summed E-state index contributed by atoms with van der Waals surface area (Å²) in [5, 5.41) is 7.39. The third-order valence-corrected chi connectivity index (χ3v) is 3.19. The number of nitrogens with one attached hydrogen (secondary N) is 1. The Morgan fingerprint density at radius 1 is 1.42 bits per heavy atom. The molecule has 19 heavy (non-hydrogen) atoms. The van der Waals surface area contributed by atoms with Gasteiger partial charge in [0.05, 0.1) is 0 Å². The number of aromatic nitrogens is 3. The van der Waals surface area contributed by atoms with E-state index in [0.717, 1.165) is 30.9 Å². The second-order valence-corrected chi connectivity index (χ2v) is 4.56. The molecule has 0 spiro atoms. The highest BCUT2D eigenvalue weighted by atomic mass is 19.1. The highest BCUT2D eigenvalue weighted by molar-refractivity contribution is 5.22. The van der Waals surface area contributed by atoms with E-state index in [9.17, 15) is 4.39 Å². The summed E-state index contributed by atoms with van der Waals surface area (Å²) < 4.78 is 15.1. The fraction of sp³-hybridized carbons (Fsp3) is 0.429. The first kappa shape index (κ1) is 13.7. The monoisotopic (exact) mass is 262 g/mol. The van der Waals surface area contributed by atoms with Crippen LogP contribution in [0.5, 0.6) is 0 Å². The smallest absolute Gasteiger partial charge is 0.138 e. The minimum atomic E-state index is -0.197. The maximum atomic E-state index is 13.4. The lowest BCUT2D eigenvalue weighted by Gasteiger charge is -2.17. The molecule has 0 aliphatic carbocycles. The lowest BCUT2D eigenvalue weighted by molar-refractivity contribution is 0.557. The summed E-state index contributed by atoms with van der Waals surface area (Å²) >= 11 is 0. The lowest BCUT2D eigenvalue weighted by Crippen LogP contribution is -2.23. The number of aryl methyl sites for hydroxylation is 1. The zero-order chi connectivity index (χ0) is 13.7. The van der Waals surface area contributed by atoms with Crippen LogP contribution < -0.4 is 5.32 Å². The van der Waals surface area contributed by atoms with Crippen LogP contribution in [0.3, 0.4) is 0 Å². The molecule has 0 radical (unpaired) electrons. The lowest BCUT2D eigenvalue weighted by atomic mass is 9.95. The molecule has 1 atom stereocenters. The van der Waals surface area contributed by atoms with E-state index >= 15 is 0 Å². The molecular formula is C14H19FN4. The van der Waals surface area contributed by atoms with Crippen LogP contribution in [0.1, 0.15) is 24.2 Å². The standard InChI is InChI=1S/C14H19FN4/c1-3-16-9-12(8-14-17-10-18-19(14)2)11-5-4-6-13(15)7-11/h4-7,10,12,16H,3,8-9H2,1-2H3. The highest BCUT2D eigenvalue weighted by Gasteiger charge is 2.15. The summed E-state index contributed by atoms with van der Waals surface area (Å²) in [5.74, 6) is 0.905. The van der Waals surface area contributed by atoms with Crippen LogP contribution in [0.2, 0.25) is 0 Å². The number of nitrogens with zero attached hydrogens (tertiary/aromatic N) is 3. The number of benzene rings is 1. The normalized spacial score (nSPS) is 12.6. The Labute approximate surface area is 112 Å². The molecule has 0 amide bonds. The van der Waals surface area contributed by atoms with Gasteiger partial charge in [-0.1, -0.05) is 19.1 Å². The number of hydrogen-bond acceptors (Lipinski definition) is 3. The van der Waals surface area contributed by atoms with Crippen LogP contribution in [-0.4, -0.2) is 27.9 Å². The van der Waals surface area contributed by atoms with Gasteiger partial charge in [-0.2, -0.15) is 5.10 Å². The third-order valence-electron chi connectivity index (χ3n) is 3.19. The predicted octanol–water partition coefficient (Wildman–Crippen LogP) is 1.89. The van der Waals surface area contributed by atoms with Crippen LogP contribution in [-0.2, 0) is 13.5 Å². The van der Waals surface area contributed by atoms with Crippen molar-refractivity contribution in [2.24, 2.45) is 7.05 Å². The Kier molecular flexibility index (Phi) is 4.63. The van der Waals surface area contributed by atoms with Gasteiger partial charge >= 0.3 is 0 Å². The molecule has 4 nitrogen and oxygen atoms in total. The summed E-state index contributed by atoms with van der Waals surface area (Å²) in [7, 11) is 1.87. The average Bonchev–Trinajstić information content (AvgIpc) is 2.80. The number of halogens is 1. The van der Waals surface area contributed by atoms with Gasteiger partial charge in [0.15, 0.2) is 0 Å². The molecule has 1 unspecified atom stereocenters. The van der Waals surface area contributed by atoms with Crippen molar-refractivity contribution in [3.8, 4) is 0 Å². The van der Waals surface area contributed by atoms with E-state index in [1.807, 2.05) is 13.1 Å². The number of rotatable bonds is 6. The maximum absolute atomic E-state index is 13.4. The Hall–Kier alpha value is -1.75. The second kappa shape index (κ2) is 6.43. The molecule has 0 bridgehead atoms. The van der Waals surface area contributed by atoms with Crippen LogP contribution in [0, 0.1) is 5.82 Å². The number of likely N-dealkylation sites (N-methyl/N-ethyl adjacent to an activating group) is 1. The molecule has 2 rings (SSSR count). The number of hydrogen-bond donors (Lipinski definition) is 1. The first-order valence-corrected chi connectivity index (χ1v) is 6.49. The van der Waals surface area contributed by atoms with E-state index in [2.05, 4.69) is 22.3 Å². The Bertz CT molecular complexity index is 524. The van der Waals surface area contributed by atoms with Crippen LogP contribution in [0.4, 0.5) is 4.39 Å². The predicted molar refractivity (Wildman–Crippen MR) is 72.4 cm³/mol. The molecule has 0 aliphatic rings. The molecule has 0 saturated carbocycles. The van der Waals surface area contributed by atoms with Gasteiger partial charge in [0.1, 0.15) is 18.0 Å². The van der Waals surface area contributed by atoms with Gasteiger partial charge in [0, 0.05) is 25.9 Å². The van der Waals surface area contributed by atoms with Crippen molar-refractivity contribution in [1.29, 1.82) is 0 Å². The fourth-order valence-electron chi connectivity index (χ4n) is 2.11. The van der Waals surface area contributed by atoms with Crippen LogP contribution in [0.25, 0.3) is 0 Å². The molecule has 1 aromatic carbocycles. The van der Waals surface area contributed by atoms with Gasteiger partial charge in [-0.15, -0.1) is 0 Å². The van der Waals surface area contributed by atoms with Crippen molar-refractivity contribution < 1.29 is 4.39 Å². The molecule has 2 aromatic rings. The molecule has 0 aliphatic heterocycles. The molecule has 0 saturated heterocycles. The molecule has 1 heterocycles. The van der Waals surface area contributed by atoms with E-state index in [-0.39, 0.29) is 11.7 Å². The second-order valence-electron chi connectivity index (χ2n) is 4.56. The summed E-state index contributed by atoms with van der Waals surface area (Å²) in [6.07, 6.45) is 2.29. The first-order valence-electron chi connectivity index (χ1n) is 6.49. The van der Waals surface area contributed by atoms with Gasteiger partial charge in [-0.25, -0.2) is 9.37 Å². The highest BCUT2D eigenvalue weighted by Crippen LogP contribution is 2.20. The minimum absolute atomic E-state index is 0.193. The van der Waals surface area contributed by atoms with Gasteiger partial charge in [0.25, 0.3) is 0 Å². The molecule has 5 heteroatoms. The topological polar surface area (TPSA) is 42.7 Å². The van der Waals surface area contributed by atoms with Crippen molar-refractivity contribution in [2.75, 3.05) is 13.1 Å². The van der Waals surface area contributed by atoms with E-state index in [0.29, 0.717) is 0 Å². The Balaban J connectivity index is 2.18. The van der Waals surface area contributed by atoms with Crippen molar-refractivity contribution in [1.82, 2.24) is 20.1 Å². The zero-order valence-electron chi connectivity index (χ0n) is 11.3. The van der Waals surface area contributed by atoms with E-state index in [1.54, 1.807) is 23.1 Å². The average molecular weight is 262 g/mol. The Morgan fingerprint density at radius 3 is 2.89 bits per heavy atom. The first-order chi connectivity index (χ1) is 9.20. The van der Waals surface area contributed by atoms with Crippen LogP contribution in [0.15, 0.2) is 30.6 Å². The van der Waals surface area contributed by atoms with Crippen molar-refractivity contribution >= 4 is 0 Å². The summed E-state index contributed by atoms with van der Waals surface area (Å²) in [6, 6.07) is 6.77. The SMILES string of the molecule is CCNCC(Cc1ncnn1C)c1cccc(F)c1. The minimum Gasteiger partial charge on any atom is -0.316 e. The summed E-state index contributed by atoms with van der Waals surface area (Å²) in [4.78, 5) is 4.24.